The zero-order valence-corrected chi connectivity index (χ0v) is 34.2. The lowest BCUT2D eigenvalue weighted by molar-refractivity contribution is -0.318. The number of carbonyl (C=O) groups is 1. The van der Waals surface area contributed by atoms with Crippen molar-refractivity contribution in [1.82, 2.24) is 9.80 Å². The van der Waals surface area contributed by atoms with Crippen LogP contribution in [0.25, 0.3) is 0 Å². The lowest BCUT2D eigenvalue weighted by Crippen LogP contribution is -2.60. The zero-order chi connectivity index (χ0) is 39.7. The Morgan fingerprint density at radius 2 is 1.56 bits per heavy atom. The highest BCUT2D eigenvalue weighted by atomic mass is 16.7. The second kappa shape index (κ2) is 17.8. The molecule has 3 rings (SSSR count). The molecule has 3 aliphatic heterocycles. The fourth-order valence-corrected chi connectivity index (χ4v) is 8.74. The molecule has 3 heterocycles. The number of esters is 1. The third-order valence-electron chi connectivity index (χ3n) is 12.2. The van der Waals surface area contributed by atoms with E-state index in [-0.39, 0.29) is 37.3 Å². The topological polar surface area (TPSA) is 180 Å². The van der Waals surface area contributed by atoms with Crippen molar-refractivity contribution in [2.24, 2.45) is 17.8 Å². The summed E-state index contributed by atoms with van der Waals surface area (Å²) in [4.78, 5) is 18.0. The number of cyclic esters (lactones) is 1. The molecule has 3 saturated heterocycles. The molecule has 0 bridgehead atoms. The van der Waals surface area contributed by atoms with Crippen molar-refractivity contribution in [2.45, 2.75) is 185 Å². The van der Waals surface area contributed by atoms with Crippen LogP contribution < -0.4 is 0 Å². The third kappa shape index (κ3) is 10.0. The van der Waals surface area contributed by atoms with Gasteiger partial charge in [0.15, 0.2) is 12.6 Å². The van der Waals surface area contributed by atoms with Crippen molar-refractivity contribution in [3.05, 3.63) is 0 Å². The third-order valence-corrected chi connectivity index (χ3v) is 12.2. The summed E-state index contributed by atoms with van der Waals surface area (Å²) < 4.78 is 37.5. The second-order valence-corrected chi connectivity index (χ2v) is 17.2. The molecule has 0 spiro atoms. The van der Waals surface area contributed by atoms with E-state index < -0.39 is 96.0 Å². The van der Waals surface area contributed by atoms with Crippen LogP contribution in [-0.2, 0) is 33.2 Å². The summed E-state index contributed by atoms with van der Waals surface area (Å²) in [5.74, 6) is -2.58. The predicted octanol–water partition coefficient (Wildman–Crippen LogP) is 1.90. The average molecular weight is 749 g/mol. The van der Waals surface area contributed by atoms with E-state index in [1.54, 1.807) is 41.5 Å². The summed E-state index contributed by atoms with van der Waals surface area (Å²) in [7, 11) is 7.12. The molecule has 18 atom stereocenters. The summed E-state index contributed by atoms with van der Waals surface area (Å²) in [6, 6.07) is -0.808. The minimum Gasteiger partial charge on any atom is -0.459 e. The second-order valence-electron chi connectivity index (χ2n) is 17.2. The van der Waals surface area contributed by atoms with Crippen LogP contribution in [0.1, 0.15) is 94.9 Å². The van der Waals surface area contributed by atoms with Gasteiger partial charge in [0.05, 0.1) is 41.5 Å². The van der Waals surface area contributed by atoms with Crippen molar-refractivity contribution in [1.29, 1.82) is 0 Å². The highest BCUT2D eigenvalue weighted by Crippen LogP contribution is 2.40. The Kier molecular flexibility index (Phi) is 15.6. The molecule has 14 heteroatoms. The first-order chi connectivity index (χ1) is 23.9. The van der Waals surface area contributed by atoms with Crippen LogP contribution in [0, 0.1) is 17.8 Å². The number of ether oxygens (including phenoxy) is 6. The van der Waals surface area contributed by atoms with Crippen molar-refractivity contribution in [2.75, 3.05) is 34.8 Å². The van der Waals surface area contributed by atoms with Crippen LogP contribution in [0.5, 0.6) is 0 Å². The zero-order valence-electron chi connectivity index (χ0n) is 34.2. The van der Waals surface area contributed by atoms with Gasteiger partial charge in [-0.2, -0.15) is 0 Å². The van der Waals surface area contributed by atoms with Gasteiger partial charge < -0.3 is 63.8 Å². The summed E-state index contributed by atoms with van der Waals surface area (Å²) >= 11 is 0. The van der Waals surface area contributed by atoms with Gasteiger partial charge in [-0.1, -0.05) is 20.8 Å². The summed E-state index contributed by atoms with van der Waals surface area (Å²) in [6.07, 6.45) is -8.19. The van der Waals surface area contributed by atoms with Crippen LogP contribution in [0.2, 0.25) is 0 Å². The number of hydrogen-bond donors (Lipinski definition) is 5. The van der Waals surface area contributed by atoms with E-state index in [4.69, 9.17) is 28.4 Å². The highest BCUT2D eigenvalue weighted by molar-refractivity contribution is 5.73. The molecule has 14 nitrogen and oxygen atoms in total. The van der Waals surface area contributed by atoms with E-state index in [1.165, 1.54) is 14.0 Å². The summed E-state index contributed by atoms with van der Waals surface area (Å²) in [5.41, 5.74) is -4.37. The molecule has 0 unspecified atom stereocenters. The Morgan fingerprint density at radius 1 is 0.942 bits per heavy atom. The van der Waals surface area contributed by atoms with E-state index in [0.29, 0.717) is 13.0 Å². The molecule has 0 aromatic rings. The molecule has 306 valence electrons. The largest absolute Gasteiger partial charge is 0.459 e. The Balaban J connectivity index is 2.17. The lowest BCUT2D eigenvalue weighted by Gasteiger charge is -2.48. The maximum absolute atomic E-state index is 14.2. The fraction of sp³-hybridized carbons (Fsp3) is 0.974. The van der Waals surface area contributed by atoms with Crippen molar-refractivity contribution < 1.29 is 58.7 Å². The van der Waals surface area contributed by atoms with Gasteiger partial charge in [-0.3, -0.25) is 4.79 Å². The van der Waals surface area contributed by atoms with Gasteiger partial charge in [-0.25, -0.2) is 0 Å². The predicted molar refractivity (Wildman–Crippen MR) is 194 cm³/mol. The van der Waals surface area contributed by atoms with Crippen LogP contribution in [0.4, 0.5) is 0 Å². The van der Waals surface area contributed by atoms with Gasteiger partial charge in [0.25, 0.3) is 0 Å². The smallest absolute Gasteiger partial charge is 0.311 e. The Bertz CT molecular complexity index is 1140. The standard InChI is InChI=1S/C38H72N2O12/c1-15-27-38(10,46)31(42)24(6)40(13)19-20(2)17-36(8,45)33(52-35-29(41)26(39(11)12)16-21(3)48-35)22(4)30(23(5)34(44)50-27)51-28-18-37(9,47-14)32(43)25(7)49-28/h20-33,35,41-43,45-46H,15-19H2,1-14H3/t20-,21+,22-,23+,24+,25-,26-,27-,28+,29-,30+,31+,32+,33-,35-,36+,37-,38+/m0/s1. The van der Waals surface area contributed by atoms with Crippen LogP contribution in [0.3, 0.4) is 0 Å². The number of hydrogen-bond acceptors (Lipinski definition) is 14. The van der Waals surface area contributed by atoms with Gasteiger partial charge in [-0.05, 0) is 94.8 Å². The monoisotopic (exact) mass is 749 g/mol. The number of likely N-dealkylation sites (N-methyl/N-ethyl adjacent to an activating group) is 2. The molecule has 0 aliphatic carbocycles. The normalized spacial score (nSPS) is 49.6. The average Bonchev–Trinajstić information content (AvgIpc) is 3.05. The van der Waals surface area contributed by atoms with E-state index >= 15 is 0 Å². The Morgan fingerprint density at radius 3 is 2.12 bits per heavy atom. The first-order valence-electron chi connectivity index (χ1n) is 19.1. The first-order valence-corrected chi connectivity index (χ1v) is 19.1. The number of aliphatic hydroxyl groups is 5. The van der Waals surface area contributed by atoms with Gasteiger partial charge in [0.1, 0.15) is 30.0 Å². The molecule has 0 saturated carbocycles. The maximum atomic E-state index is 14.2. The molecule has 5 N–H and O–H groups in total. The van der Waals surface area contributed by atoms with E-state index in [0.717, 1.165) is 0 Å². The number of aliphatic hydroxyl groups excluding tert-OH is 3. The first kappa shape index (κ1) is 45.4. The number of methoxy groups -OCH3 is 1. The summed E-state index contributed by atoms with van der Waals surface area (Å²) in [6.45, 7) is 18.0. The van der Waals surface area contributed by atoms with Crippen molar-refractivity contribution in [3.63, 3.8) is 0 Å². The van der Waals surface area contributed by atoms with Crippen molar-refractivity contribution >= 4 is 5.97 Å². The van der Waals surface area contributed by atoms with Crippen molar-refractivity contribution in [3.8, 4) is 0 Å². The minimum absolute atomic E-state index is 0.133. The SMILES string of the molecule is CC[C@@H]1OC(=O)[C@H](C)[C@H](O[C@@H]2C[C@](C)(OC)[C@H](O)[C@H](C)O2)[C@H](C)[C@H](O[C@@H]2O[C@H](C)C[C@H](N(C)C)[C@@H]2O)[C@](C)(O)C[C@H](C)CN(C)[C@H](C)[C@@H](O)[C@]1(C)O. The molecule has 3 aliphatic rings. The van der Waals surface area contributed by atoms with Gasteiger partial charge in [0.2, 0.25) is 0 Å². The quantitative estimate of drug-likeness (QED) is 0.238. The lowest BCUT2D eigenvalue weighted by atomic mass is 9.77. The molecule has 0 amide bonds. The van der Waals surface area contributed by atoms with E-state index in [1.807, 2.05) is 51.7 Å². The fourth-order valence-electron chi connectivity index (χ4n) is 8.74. The van der Waals surface area contributed by atoms with Gasteiger partial charge in [0, 0.05) is 38.1 Å². The number of carbonyl (C=O) groups excluding carboxylic acids is 1. The van der Waals surface area contributed by atoms with Crippen LogP contribution in [-0.4, -0.2) is 166 Å². The maximum Gasteiger partial charge on any atom is 0.311 e. The van der Waals surface area contributed by atoms with Gasteiger partial charge in [-0.15, -0.1) is 0 Å². The molecule has 3 fully saturated rings. The van der Waals surface area contributed by atoms with E-state index in [9.17, 15) is 30.3 Å². The van der Waals surface area contributed by atoms with Crippen LogP contribution >= 0.6 is 0 Å². The number of nitrogens with zero attached hydrogens (tertiary/aromatic N) is 2. The van der Waals surface area contributed by atoms with Crippen LogP contribution in [0.15, 0.2) is 0 Å². The molecule has 0 radical (unpaired) electrons. The molecule has 0 aromatic carbocycles. The highest BCUT2D eigenvalue weighted by Gasteiger charge is 2.52. The van der Waals surface area contributed by atoms with E-state index in [2.05, 4.69) is 0 Å². The summed E-state index contributed by atoms with van der Waals surface area (Å²) in [5, 5.41) is 58.1. The van der Waals surface area contributed by atoms with Gasteiger partial charge >= 0.3 is 5.97 Å². The minimum atomic E-state index is -1.80. The molecule has 52 heavy (non-hydrogen) atoms. The molecular formula is C38H72N2O12. The molecule has 0 aromatic heterocycles. The Hall–Kier alpha value is -1.01. The Labute approximate surface area is 312 Å². The molecular weight excluding hydrogens is 676 g/mol. The number of rotatable bonds is 7.